The summed E-state index contributed by atoms with van der Waals surface area (Å²) in [6.07, 6.45) is 1.24. The van der Waals surface area contributed by atoms with Crippen LogP contribution >= 0.6 is 0 Å². The summed E-state index contributed by atoms with van der Waals surface area (Å²) in [6, 6.07) is 0. The van der Waals surface area contributed by atoms with Gasteiger partial charge in [-0.2, -0.15) is 0 Å². The quantitative estimate of drug-likeness (QED) is 0.637. The number of hydrogen-bond donors (Lipinski definition) is 2. The molecule has 1 atom stereocenters. The van der Waals surface area contributed by atoms with Crippen molar-refractivity contribution in [2.75, 3.05) is 19.6 Å². The van der Waals surface area contributed by atoms with Crippen LogP contribution in [0.1, 0.15) is 34.1 Å². The molecule has 80 valence electrons. The Balaban J connectivity index is 3.48. The fourth-order valence-corrected chi connectivity index (χ4v) is 1.51. The molecule has 0 aliphatic carbocycles. The average molecular weight is 186 g/mol. The Hall–Kier alpha value is -0.0800. The van der Waals surface area contributed by atoms with Gasteiger partial charge in [-0.05, 0) is 43.8 Å². The van der Waals surface area contributed by atoms with Gasteiger partial charge in [-0.3, -0.25) is 0 Å². The summed E-state index contributed by atoms with van der Waals surface area (Å²) >= 11 is 0. The Bertz CT molecular complexity index is 111. The third-order valence-electron chi connectivity index (χ3n) is 2.12. The molecule has 2 nitrogen and oxygen atoms in total. The van der Waals surface area contributed by atoms with Crippen molar-refractivity contribution in [3.05, 3.63) is 0 Å². The van der Waals surface area contributed by atoms with Gasteiger partial charge in [0, 0.05) is 0 Å². The highest BCUT2D eigenvalue weighted by Crippen LogP contribution is 2.09. The third kappa shape index (κ3) is 8.26. The summed E-state index contributed by atoms with van der Waals surface area (Å²) < 4.78 is 0. The van der Waals surface area contributed by atoms with Gasteiger partial charge in [-0.1, -0.05) is 27.7 Å². The van der Waals surface area contributed by atoms with Crippen molar-refractivity contribution < 1.29 is 0 Å². The minimum absolute atomic E-state index is 0.652. The van der Waals surface area contributed by atoms with Crippen molar-refractivity contribution in [3.8, 4) is 0 Å². The molecule has 0 saturated heterocycles. The van der Waals surface area contributed by atoms with Gasteiger partial charge in [0.05, 0.1) is 0 Å². The van der Waals surface area contributed by atoms with Crippen LogP contribution in [0.2, 0.25) is 0 Å². The zero-order valence-electron chi connectivity index (χ0n) is 9.64. The lowest BCUT2D eigenvalue weighted by Crippen LogP contribution is -2.31. The minimum Gasteiger partial charge on any atom is -0.330 e. The largest absolute Gasteiger partial charge is 0.330 e. The second kappa shape index (κ2) is 7.34. The molecule has 0 spiro atoms. The average Bonchev–Trinajstić information content (AvgIpc) is 2.01. The Kier molecular flexibility index (Phi) is 7.29. The molecule has 0 heterocycles. The molecule has 0 aromatic carbocycles. The van der Waals surface area contributed by atoms with Crippen LogP contribution in [0.3, 0.4) is 0 Å². The molecular formula is C11H26N2. The second-order valence-corrected chi connectivity index (χ2v) is 4.78. The highest BCUT2D eigenvalue weighted by Gasteiger charge is 2.08. The topological polar surface area (TPSA) is 38.0 Å². The Morgan fingerprint density at radius 1 is 1.00 bits per heavy atom. The molecule has 3 N–H and O–H groups in total. The van der Waals surface area contributed by atoms with Crippen molar-refractivity contribution in [1.29, 1.82) is 0 Å². The molecular weight excluding hydrogens is 160 g/mol. The van der Waals surface area contributed by atoms with Gasteiger partial charge in [-0.25, -0.2) is 0 Å². The van der Waals surface area contributed by atoms with Gasteiger partial charge < -0.3 is 11.1 Å². The van der Waals surface area contributed by atoms with Gasteiger partial charge in [-0.15, -0.1) is 0 Å². The smallest absolute Gasteiger partial charge is 0.000825 e. The van der Waals surface area contributed by atoms with E-state index in [9.17, 15) is 0 Å². The maximum Gasteiger partial charge on any atom is -0.000825 e. The van der Waals surface area contributed by atoms with Gasteiger partial charge in [0.2, 0.25) is 0 Å². The highest BCUT2D eigenvalue weighted by molar-refractivity contribution is 4.65. The first kappa shape index (κ1) is 12.9. The summed E-state index contributed by atoms with van der Waals surface area (Å²) in [5, 5.41) is 3.46. The first-order chi connectivity index (χ1) is 6.06. The van der Waals surface area contributed by atoms with E-state index in [0.29, 0.717) is 5.92 Å². The second-order valence-electron chi connectivity index (χ2n) is 4.78. The molecule has 0 bridgehead atoms. The van der Waals surface area contributed by atoms with E-state index < -0.39 is 0 Å². The van der Waals surface area contributed by atoms with Crippen LogP contribution in [0, 0.1) is 17.8 Å². The molecule has 0 amide bonds. The van der Waals surface area contributed by atoms with Crippen LogP contribution in [0.4, 0.5) is 0 Å². The summed E-state index contributed by atoms with van der Waals surface area (Å²) in [4.78, 5) is 0. The Labute approximate surface area is 83.3 Å². The van der Waals surface area contributed by atoms with E-state index in [-0.39, 0.29) is 0 Å². The number of hydrogen-bond acceptors (Lipinski definition) is 2. The van der Waals surface area contributed by atoms with Crippen LogP contribution in [-0.2, 0) is 0 Å². The van der Waals surface area contributed by atoms with Crippen LogP contribution in [0.5, 0.6) is 0 Å². The van der Waals surface area contributed by atoms with Gasteiger partial charge in [0.15, 0.2) is 0 Å². The number of rotatable bonds is 7. The summed E-state index contributed by atoms with van der Waals surface area (Å²) in [5.74, 6) is 2.14. The number of nitrogens with two attached hydrogens (primary N) is 1. The summed E-state index contributed by atoms with van der Waals surface area (Å²) in [5.41, 5.74) is 5.70. The van der Waals surface area contributed by atoms with Crippen LogP contribution in [0.15, 0.2) is 0 Å². The SMILES string of the molecule is CC(C)CNCC(CN)CC(C)C. The van der Waals surface area contributed by atoms with E-state index in [1.54, 1.807) is 0 Å². The lowest BCUT2D eigenvalue weighted by atomic mass is 9.97. The predicted octanol–water partition coefficient (Wildman–Crippen LogP) is 1.85. The molecule has 2 heteroatoms. The van der Waals surface area contributed by atoms with E-state index in [2.05, 4.69) is 33.0 Å². The summed E-state index contributed by atoms with van der Waals surface area (Å²) in [7, 11) is 0. The standard InChI is InChI=1S/C11H26N2/c1-9(2)5-11(6-12)8-13-7-10(3)4/h9-11,13H,5-8,12H2,1-4H3. The van der Waals surface area contributed by atoms with Gasteiger partial charge in [0.1, 0.15) is 0 Å². The monoisotopic (exact) mass is 186 g/mol. The minimum atomic E-state index is 0.652. The van der Waals surface area contributed by atoms with Crippen molar-refractivity contribution >= 4 is 0 Å². The first-order valence-corrected chi connectivity index (χ1v) is 5.47. The molecule has 0 aromatic heterocycles. The van der Waals surface area contributed by atoms with E-state index >= 15 is 0 Å². The molecule has 0 aliphatic heterocycles. The summed E-state index contributed by atoms with van der Waals surface area (Å²) in [6.45, 7) is 12.0. The van der Waals surface area contributed by atoms with Crippen molar-refractivity contribution in [3.63, 3.8) is 0 Å². The van der Waals surface area contributed by atoms with Crippen molar-refractivity contribution in [2.45, 2.75) is 34.1 Å². The van der Waals surface area contributed by atoms with Crippen molar-refractivity contribution in [2.24, 2.45) is 23.5 Å². The van der Waals surface area contributed by atoms with Crippen LogP contribution in [0.25, 0.3) is 0 Å². The fourth-order valence-electron chi connectivity index (χ4n) is 1.51. The molecule has 13 heavy (non-hydrogen) atoms. The van der Waals surface area contributed by atoms with Gasteiger partial charge in [0.25, 0.3) is 0 Å². The Morgan fingerprint density at radius 2 is 1.62 bits per heavy atom. The zero-order chi connectivity index (χ0) is 10.3. The molecule has 0 aliphatic rings. The molecule has 1 unspecified atom stereocenters. The lowest BCUT2D eigenvalue weighted by Gasteiger charge is -2.18. The molecule has 0 radical (unpaired) electrons. The van der Waals surface area contributed by atoms with Crippen LogP contribution < -0.4 is 11.1 Å². The van der Waals surface area contributed by atoms with E-state index in [4.69, 9.17) is 5.73 Å². The third-order valence-corrected chi connectivity index (χ3v) is 2.12. The maximum absolute atomic E-state index is 5.70. The normalized spacial score (nSPS) is 14.1. The van der Waals surface area contributed by atoms with E-state index in [0.717, 1.165) is 31.5 Å². The lowest BCUT2D eigenvalue weighted by molar-refractivity contribution is 0.385. The molecule has 0 rings (SSSR count). The first-order valence-electron chi connectivity index (χ1n) is 5.47. The molecule has 0 saturated carbocycles. The van der Waals surface area contributed by atoms with E-state index in [1.807, 2.05) is 0 Å². The Morgan fingerprint density at radius 3 is 2.00 bits per heavy atom. The maximum atomic E-state index is 5.70. The predicted molar refractivity (Wildman–Crippen MR) is 59.7 cm³/mol. The number of nitrogens with one attached hydrogen (secondary N) is 1. The van der Waals surface area contributed by atoms with Crippen molar-refractivity contribution in [1.82, 2.24) is 5.32 Å². The zero-order valence-corrected chi connectivity index (χ0v) is 9.64. The highest BCUT2D eigenvalue weighted by atomic mass is 14.9. The van der Waals surface area contributed by atoms with Crippen LogP contribution in [-0.4, -0.2) is 19.6 Å². The molecule has 0 aromatic rings. The molecule has 0 fully saturated rings. The van der Waals surface area contributed by atoms with Gasteiger partial charge >= 0.3 is 0 Å². The van der Waals surface area contributed by atoms with E-state index in [1.165, 1.54) is 6.42 Å². The fraction of sp³-hybridized carbons (Fsp3) is 1.00.